The molecule has 1 fully saturated rings. The quantitative estimate of drug-likeness (QED) is 0.747. The molecule has 1 unspecified atom stereocenters. The number of hydrogen-bond acceptors (Lipinski definition) is 5. The average molecular weight is 241 g/mol. The van der Waals surface area contributed by atoms with Gasteiger partial charge in [0.05, 0.1) is 6.54 Å². The third kappa shape index (κ3) is 2.37. The number of aliphatic carboxylic acids is 1. The van der Waals surface area contributed by atoms with Crippen LogP contribution < -0.4 is 0 Å². The number of ether oxygens (including phenoxy) is 1. The molecule has 1 atom stereocenters. The molecule has 0 aromatic carbocycles. The number of amides is 1. The maximum atomic E-state index is 11.8. The smallest absolute Gasteiger partial charge is 0.411 e. The second-order valence-corrected chi connectivity index (χ2v) is 5.35. The molecule has 1 amide bonds. The van der Waals surface area contributed by atoms with Crippen molar-refractivity contribution in [1.82, 2.24) is 4.90 Å². The van der Waals surface area contributed by atoms with Crippen LogP contribution in [0.15, 0.2) is 10.2 Å². The maximum Gasteiger partial charge on any atom is 0.411 e. The van der Waals surface area contributed by atoms with Crippen LogP contribution in [0, 0.1) is 0 Å². The number of rotatable bonds is 1. The number of carbonyl (C=O) groups is 2. The number of hydrogen-bond donors (Lipinski definition) is 1. The van der Waals surface area contributed by atoms with E-state index < -0.39 is 29.4 Å². The summed E-state index contributed by atoms with van der Waals surface area (Å²) in [6, 6.07) is -0.903. The lowest BCUT2D eigenvalue weighted by Crippen LogP contribution is -2.43. The molecular formula is C10H15N3O4. The van der Waals surface area contributed by atoms with Crippen molar-refractivity contribution in [3.05, 3.63) is 0 Å². The van der Waals surface area contributed by atoms with Crippen LogP contribution in [0.3, 0.4) is 0 Å². The fraction of sp³-hybridized carbons (Fsp3) is 0.800. The van der Waals surface area contributed by atoms with E-state index in [9.17, 15) is 9.59 Å². The summed E-state index contributed by atoms with van der Waals surface area (Å²) in [5, 5.41) is 16.7. The fourth-order valence-electron chi connectivity index (χ4n) is 1.82. The summed E-state index contributed by atoms with van der Waals surface area (Å²) >= 11 is 0. The minimum absolute atomic E-state index is 0.193. The van der Waals surface area contributed by atoms with E-state index in [1.165, 1.54) is 4.90 Å². The van der Waals surface area contributed by atoms with Gasteiger partial charge in [-0.1, -0.05) is 0 Å². The fourth-order valence-corrected chi connectivity index (χ4v) is 1.82. The number of carbonyl (C=O) groups excluding carboxylic acids is 1. The van der Waals surface area contributed by atoms with E-state index in [2.05, 4.69) is 10.2 Å². The van der Waals surface area contributed by atoms with Crippen molar-refractivity contribution >= 4 is 12.1 Å². The maximum absolute atomic E-state index is 11.8. The van der Waals surface area contributed by atoms with Crippen molar-refractivity contribution in [2.24, 2.45) is 10.2 Å². The molecule has 17 heavy (non-hydrogen) atoms. The highest BCUT2D eigenvalue weighted by Gasteiger charge is 2.56. The van der Waals surface area contributed by atoms with Gasteiger partial charge in [0, 0.05) is 6.42 Å². The third-order valence-corrected chi connectivity index (χ3v) is 2.62. The average Bonchev–Trinajstić information content (AvgIpc) is 2.73. The highest BCUT2D eigenvalue weighted by atomic mass is 16.6. The van der Waals surface area contributed by atoms with Crippen molar-refractivity contribution in [3.8, 4) is 0 Å². The minimum Gasteiger partial charge on any atom is -0.480 e. The molecule has 7 nitrogen and oxygen atoms in total. The molecule has 0 radical (unpaired) electrons. The summed E-state index contributed by atoms with van der Waals surface area (Å²) in [4.78, 5) is 24.1. The van der Waals surface area contributed by atoms with E-state index in [-0.39, 0.29) is 13.0 Å². The largest absolute Gasteiger partial charge is 0.480 e. The predicted octanol–water partition coefficient (Wildman–Crippen LogP) is 1.24. The molecule has 0 aromatic rings. The van der Waals surface area contributed by atoms with Crippen LogP contribution in [0.2, 0.25) is 0 Å². The van der Waals surface area contributed by atoms with Crippen LogP contribution in [-0.2, 0) is 9.53 Å². The van der Waals surface area contributed by atoms with Gasteiger partial charge in [0.15, 0.2) is 0 Å². The molecule has 94 valence electrons. The van der Waals surface area contributed by atoms with Crippen molar-refractivity contribution in [2.45, 2.75) is 44.5 Å². The molecular weight excluding hydrogens is 226 g/mol. The Morgan fingerprint density at radius 3 is 2.41 bits per heavy atom. The van der Waals surface area contributed by atoms with E-state index >= 15 is 0 Å². The van der Waals surface area contributed by atoms with Gasteiger partial charge >= 0.3 is 12.1 Å². The Hall–Kier alpha value is -1.66. The molecule has 1 saturated heterocycles. The topological polar surface area (TPSA) is 91.6 Å². The highest BCUT2D eigenvalue weighted by molar-refractivity contribution is 5.81. The number of carboxylic acids is 1. The molecule has 1 spiro atoms. The van der Waals surface area contributed by atoms with Gasteiger partial charge in [0.25, 0.3) is 0 Å². The van der Waals surface area contributed by atoms with E-state index in [0.717, 1.165) is 0 Å². The van der Waals surface area contributed by atoms with Crippen LogP contribution in [0.1, 0.15) is 27.2 Å². The van der Waals surface area contributed by atoms with Crippen LogP contribution in [0.5, 0.6) is 0 Å². The Bertz CT molecular complexity index is 393. The zero-order valence-corrected chi connectivity index (χ0v) is 10.0. The summed E-state index contributed by atoms with van der Waals surface area (Å²) in [5.74, 6) is -1.05. The van der Waals surface area contributed by atoms with Crippen molar-refractivity contribution < 1.29 is 19.4 Å². The van der Waals surface area contributed by atoms with Gasteiger partial charge in [0.2, 0.25) is 5.66 Å². The molecule has 2 heterocycles. The summed E-state index contributed by atoms with van der Waals surface area (Å²) in [6.07, 6.45) is -0.388. The van der Waals surface area contributed by atoms with Gasteiger partial charge in [-0.05, 0) is 20.8 Å². The van der Waals surface area contributed by atoms with Crippen molar-refractivity contribution in [1.29, 1.82) is 0 Å². The first-order valence-corrected chi connectivity index (χ1v) is 5.39. The van der Waals surface area contributed by atoms with E-state index in [1.54, 1.807) is 20.8 Å². The van der Waals surface area contributed by atoms with Crippen LogP contribution in [-0.4, -0.2) is 45.9 Å². The summed E-state index contributed by atoms with van der Waals surface area (Å²) in [7, 11) is 0. The van der Waals surface area contributed by atoms with Crippen molar-refractivity contribution in [3.63, 3.8) is 0 Å². The molecule has 1 N–H and O–H groups in total. The second-order valence-electron chi connectivity index (χ2n) is 5.35. The minimum atomic E-state index is -1.05. The lowest BCUT2D eigenvalue weighted by molar-refractivity contribution is -0.142. The number of nitrogens with zero attached hydrogens (tertiary/aromatic N) is 3. The van der Waals surface area contributed by atoms with Crippen LogP contribution in [0.4, 0.5) is 4.79 Å². The molecule has 2 rings (SSSR count). The lowest BCUT2D eigenvalue weighted by atomic mass is 10.1. The SMILES string of the molecule is CC(C)(C)OC(=O)N1CC2(CC1C(=O)O)N=N2. The highest BCUT2D eigenvalue weighted by Crippen LogP contribution is 2.41. The third-order valence-electron chi connectivity index (χ3n) is 2.62. The normalized spacial score (nSPS) is 25.1. The van der Waals surface area contributed by atoms with E-state index in [4.69, 9.17) is 9.84 Å². The molecule has 2 aliphatic heterocycles. The first-order chi connectivity index (χ1) is 7.72. The molecule has 0 aromatic heterocycles. The molecule has 0 saturated carbocycles. The van der Waals surface area contributed by atoms with Crippen LogP contribution in [0.25, 0.3) is 0 Å². The number of carboxylic acid groups (broad SMARTS) is 1. The molecule has 7 heteroatoms. The van der Waals surface area contributed by atoms with Gasteiger partial charge in [-0.25, -0.2) is 9.59 Å². The monoisotopic (exact) mass is 241 g/mol. The first kappa shape index (κ1) is 11.8. The summed E-state index contributed by atoms with van der Waals surface area (Å²) < 4.78 is 5.16. The first-order valence-electron chi connectivity index (χ1n) is 5.39. The Kier molecular flexibility index (Phi) is 2.37. The zero-order chi connectivity index (χ0) is 12.8. The van der Waals surface area contributed by atoms with E-state index in [0.29, 0.717) is 0 Å². The van der Waals surface area contributed by atoms with Gasteiger partial charge in [-0.3, -0.25) is 4.90 Å². The standard InChI is InChI=1S/C10H15N3O4/c1-9(2,3)17-8(16)13-5-10(11-12-10)4-6(13)7(14)15/h6H,4-5H2,1-3H3,(H,14,15). The predicted molar refractivity (Wildman–Crippen MR) is 56.6 cm³/mol. The van der Waals surface area contributed by atoms with Crippen LogP contribution >= 0.6 is 0 Å². The van der Waals surface area contributed by atoms with E-state index in [1.807, 2.05) is 0 Å². The lowest BCUT2D eigenvalue weighted by Gasteiger charge is -2.26. The molecule has 2 aliphatic rings. The summed E-state index contributed by atoms with van der Waals surface area (Å²) in [6.45, 7) is 5.40. The molecule has 0 bridgehead atoms. The van der Waals surface area contributed by atoms with Gasteiger partial charge in [-0.15, -0.1) is 0 Å². The summed E-state index contributed by atoms with van der Waals surface area (Å²) in [5.41, 5.74) is -1.33. The van der Waals surface area contributed by atoms with Gasteiger partial charge in [0.1, 0.15) is 11.6 Å². The second kappa shape index (κ2) is 3.41. The Balaban J connectivity index is 2.08. The van der Waals surface area contributed by atoms with Gasteiger partial charge in [-0.2, -0.15) is 10.2 Å². The Labute approximate surface area is 98.4 Å². The Morgan fingerprint density at radius 2 is 2.00 bits per heavy atom. The zero-order valence-electron chi connectivity index (χ0n) is 10.0. The van der Waals surface area contributed by atoms with Crippen molar-refractivity contribution in [2.75, 3.05) is 6.54 Å². The Morgan fingerprint density at radius 1 is 1.41 bits per heavy atom. The molecule has 0 aliphatic carbocycles. The number of likely N-dealkylation sites (tertiary alicyclic amines) is 1. The van der Waals surface area contributed by atoms with Gasteiger partial charge < -0.3 is 9.84 Å².